The average Bonchev–Trinajstić information content (AvgIpc) is 1.68. The van der Waals surface area contributed by atoms with Crippen LogP contribution in [0.4, 0.5) is 4.79 Å². The Morgan fingerprint density at radius 3 is 0.879 bits per heavy atom. The van der Waals surface area contributed by atoms with E-state index in [1.54, 1.807) is 66.8 Å². The molecule has 6 fully saturated rings. The van der Waals surface area contributed by atoms with Crippen LogP contribution >= 0.6 is 7.82 Å². The zero-order valence-electron chi connectivity index (χ0n) is 94.0. The van der Waals surface area contributed by atoms with Gasteiger partial charge in [0.2, 0.25) is 34.0 Å². The number of nitrogens with zero attached hydrogens (tertiary/aromatic N) is 1. The van der Waals surface area contributed by atoms with Crippen LogP contribution in [-0.2, 0) is 66.2 Å². The number of hydrogen-bond acceptors (Lipinski definition) is 27. The van der Waals surface area contributed by atoms with Gasteiger partial charge in [-0.1, -0.05) is 241 Å². The van der Waals surface area contributed by atoms with Crippen LogP contribution < -0.4 is 114 Å². The van der Waals surface area contributed by atoms with Gasteiger partial charge in [0, 0.05) is 25.5 Å². The standard InChI is InChI=1S/C24H36O5.C23H35NO5.C21H25NO3.C18H27NO3.C17H25NO3.C15H23O5P.2Na/c1-15(2)19-9-8-10-20(17(4)18-11-12-18)22(19)27-14-28-23(26)16(3)13-21(25)29-24(5,6)7;1-15(2)18-8-7-9-19(16(3)17-10-11-17)21(18)28-14-27-20(25)12-13-24-22(26)29-23(4,5)6;1-14(2)18-7-4-8-19(15(3)16-9-10-16)20(18)24-13-25-21(23)17-6-5-11-22-12-17;1-12(2)15-5-4-6-16(13(3)14-7-8-14)18(15)22-11-21-17(20)9-10-19;1-11(2)14-5-4-6-15(12(3)13-7-8-13)17(14)21-10-20-16(19)9-18;1-10(2)13-5-4-6-14(11(3)12-7-8-12)15(13)19-9-20-21(16,17)18;;/h8-10,15-18H,11-14H2,1-7H3;7-9,15-17H,10-14H2,1-6H3,(H,24,26);4-8,11-12,14-16H,9-10,13H2,1-3H3;4-6,12-14H,7-11,19H2,1-3H3;4-6,11-13H,7-10,18H2,1-3H3;4-6,10-12H,7-9H2,1-3H3,(H2,16,17,18);;/q;;;;;;2*+1/p-2/t16-,17-;16-;15-;13-;12-;11-;;/m111111../s1. The predicted octanol–water partition coefficient (Wildman–Crippen LogP) is 18.8. The molecule has 6 saturated carbocycles. The van der Waals surface area contributed by atoms with Crippen molar-refractivity contribution < 1.29 is 173 Å². The molecule has 31 heteroatoms. The van der Waals surface area contributed by atoms with E-state index >= 15 is 0 Å². The second-order valence-electron chi connectivity index (χ2n) is 43.7. The Balaban J connectivity index is 0.000000273. The first kappa shape index (κ1) is 129. The molecule has 0 spiro atoms. The van der Waals surface area contributed by atoms with E-state index in [4.69, 9.17) is 73.0 Å². The molecule has 6 aromatic carbocycles. The first-order valence-electron chi connectivity index (χ1n) is 53.0. The van der Waals surface area contributed by atoms with E-state index in [1.165, 1.54) is 117 Å². The Kier molecular flexibility index (Phi) is 54.3. The van der Waals surface area contributed by atoms with Crippen LogP contribution in [0.15, 0.2) is 134 Å². The summed E-state index contributed by atoms with van der Waals surface area (Å²) >= 11 is 0. The molecule has 0 bridgehead atoms. The monoisotopic (exact) mass is 2100 g/mol. The number of pyridine rings is 1. The first-order chi connectivity index (χ1) is 69.5. The number of ether oxygens (including phenoxy) is 13. The van der Waals surface area contributed by atoms with Gasteiger partial charge >= 0.3 is 101 Å². The van der Waals surface area contributed by atoms with Crippen LogP contribution in [-0.4, -0.2) is 118 Å². The van der Waals surface area contributed by atoms with E-state index in [0.29, 0.717) is 101 Å². The summed E-state index contributed by atoms with van der Waals surface area (Å²) in [6.45, 7) is 50.5. The third-order valence-electron chi connectivity index (χ3n) is 27.3. The number of carbonyl (C=O) groups is 7. The van der Waals surface area contributed by atoms with Crippen molar-refractivity contribution in [1.82, 2.24) is 10.3 Å². The molecule has 28 nitrogen and oxygen atoms in total. The molecule has 0 radical (unpaired) electrons. The van der Waals surface area contributed by atoms with Crippen molar-refractivity contribution in [3.63, 3.8) is 0 Å². The van der Waals surface area contributed by atoms with Crippen LogP contribution in [0.5, 0.6) is 34.5 Å². The predicted molar refractivity (Wildman–Crippen MR) is 567 cm³/mol. The van der Waals surface area contributed by atoms with Gasteiger partial charge in [-0.3, -0.25) is 29.0 Å². The van der Waals surface area contributed by atoms with Crippen molar-refractivity contribution >= 4 is 49.7 Å². The Morgan fingerprint density at radius 2 is 0.624 bits per heavy atom. The quantitative estimate of drug-likeness (QED) is 0.0105. The number of alkyl carbamates (subject to hydrolysis) is 1. The second-order valence-corrected chi connectivity index (χ2v) is 44.9. The Bertz CT molecular complexity index is 5380. The fourth-order valence-electron chi connectivity index (χ4n) is 17.6. The summed E-state index contributed by atoms with van der Waals surface area (Å²) in [5.41, 5.74) is 23.6. The molecule has 7 atom stereocenters. The number of rotatable bonds is 47. The molecule has 6 aliphatic carbocycles. The molecule has 812 valence electrons. The number of nitrogens with two attached hydrogens (primary N) is 2. The third-order valence-corrected chi connectivity index (χ3v) is 27.7. The molecule has 149 heavy (non-hydrogen) atoms. The SMILES string of the molecule is CC(C)c1cccc([C@H](C)C2CC2)c1OCOC(=O)CCN.CC(C)c1cccc([C@H](C)C2CC2)c1OCOC(=O)CCNC(=O)OC(C)(C)C.CC(C)c1cccc([C@H](C)C2CC2)c1OCOC(=O)CN.CC(C)c1cccc([C@H](C)C2CC2)c1OCOC(=O)[C@H](C)CC(=O)OC(C)(C)C.CC(C)c1cccc([C@H](C)C2CC2)c1OCOC(=O)c1cccnc1.CC(C)c1cccc([C@H](C)C2CC2)c1OCOP(=O)([O-])[O-].[Na+].[Na+]. The van der Waals surface area contributed by atoms with Gasteiger partial charge in [-0.15, -0.1) is 0 Å². The molecule has 1 aromatic heterocycles. The van der Waals surface area contributed by atoms with Crippen LogP contribution in [0, 0.1) is 41.4 Å². The summed E-state index contributed by atoms with van der Waals surface area (Å²) in [5, 5.41) is 2.54. The summed E-state index contributed by atoms with van der Waals surface area (Å²) in [6.07, 6.45) is 18.0. The van der Waals surface area contributed by atoms with E-state index in [9.17, 15) is 47.9 Å². The normalized spacial score (nSPS) is 15.6. The molecule has 5 N–H and O–H groups in total. The van der Waals surface area contributed by atoms with Gasteiger partial charge in [-0.05, 0) is 304 Å². The van der Waals surface area contributed by atoms with Crippen molar-refractivity contribution in [2.24, 2.45) is 52.9 Å². The average molecular weight is 2100 g/mol. The molecular weight excluding hydrogens is 1930 g/mol. The number of benzene rings is 6. The number of esters is 6. The molecule has 0 saturated heterocycles. The van der Waals surface area contributed by atoms with E-state index in [1.807, 2.05) is 32.0 Å². The van der Waals surface area contributed by atoms with Gasteiger partial charge in [0.05, 0.1) is 45.1 Å². The minimum Gasteiger partial charge on any atom is -0.790 e. The van der Waals surface area contributed by atoms with Gasteiger partial charge in [0.15, 0.2) is 6.79 Å². The fourth-order valence-corrected chi connectivity index (χ4v) is 17.8. The van der Waals surface area contributed by atoms with Gasteiger partial charge in [0.25, 0.3) is 0 Å². The maximum atomic E-state index is 12.3. The maximum Gasteiger partial charge on any atom is 1.00 e. The van der Waals surface area contributed by atoms with Crippen molar-refractivity contribution in [2.45, 2.75) is 352 Å². The van der Waals surface area contributed by atoms with Crippen LogP contribution in [0.3, 0.4) is 0 Å². The van der Waals surface area contributed by atoms with Gasteiger partial charge in [0.1, 0.15) is 45.7 Å². The van der Waals surface area contributed by atoms with Crippen molar-refractivity contribution in [3.05, 3.63) is 206 Å². The topological polar surface area (TPSA) is 389 Å². The summed E-state index contributed by atoms with van der Waals surface area (Å²) in [7, 11) is -5.01. The van der Waals surface area contributed by atoms with Gasteiger partial charge in [-0.25, -0.2) is 9.59 Å². The number of aromatic nitrogens is 1. The Morgan fingerprint density at radius 1 is 0.356 bits per heavy atom. The molecule has 13 rings (SSSR count). The Labute approximate surface area is 931 Å². The number of amides is 1. The van der Waals surface area contributed by atoms with Gasteiger partial charge in [-0.2, -0.15) is 0 Å². The molecule has 1 heterocycles. The number of para-hydroxylation sites is 6. The maximum absolute atomic E-state index is 12.3. The van der Waals surface area contributed by atoms with E-state index in [0.717, 1.165) is 79.9 Å². The number of phosphoric acid groups is 1. The van der Waals surface area contributed by atoms with E-state index < -0.39 is 67.7 Å². The summed E-state index contributed by atoms with van der Waals surface area (Å²) in [5.74, 6) is 10.7. The number of carbonyl (C=O) groups excluding carboxylic acids is 7. The van der Waals surface area contributed by atoms with E-state index in [2.05, 4.69) is 217 Å². The summed E-state index contributed by atoms with van der Waals surface area (Å²) in [6, 6.07) is 40.7. The zero-order valence-corrected chi connectivity index (χ0v) is 98.9. The molecule has 0 unspecified atom stereocenters. The van der Waals surface area contributed by atoms with Crippen LogP contribution in [0.2, 0.25) is 0 Å². The second kappa shape index (κ2) is 62.7. The fraction of sp³-hybridized carbons (Fsp3) is 0.593. The van der Waals surface area contributed by atoms with Crippen molar-refractivity contribution in [1.29, 1.82) is 0 Å². The first-order valence-corrected chi connectivity index (χ1v) is 54.5. The summed E-state index contributed by atoms with van der Waals surface area (Å²) < 4.78 is 86.0. The molecule has 0 aliphatic heterocycles. The number of nitrogens with one attached hydrogen (secondary N) is 1. The number of phosphoric ester groups is 1. The molecular formula is C118H169N4Na2O24P. The minimum absolute atomic E-state index is 0. The molecule has 1 amide bonds. The smallest absolute Gasteiger partial charge is 0.790 e. The largest absolute Gasteiger partial charge is 1.00 e. The Hall–Kier alpha value is -8.61. The summed E-state index contributed by atoms with van der Waals surface area (Å²) in [4.78, 5) is 107. The molecule has 6 aliphatic rings. The van der Waals surface area contributed by atoms with Gasteiger partial charge < -0.3 is 97.2 Å². The number of hydrogen-bond donors (Lipinski definition) is 3. The minimum atomic E-state index is -5.01. The van der Waals surface area contributed by atoms with Crippen molar-refractivity contribution in [3.8, 4) is 34.5 Å². The zero-order chi connectivity index (χ0) is 108. The molecule has 7 aromatic rings. The van der Waals surface area contributed by atoms with Crippen molar-refractivity contribution in [2.75, 3.05) is 60.4 Å². The van der Waals surface area contributed by atoms with Crippen LogP contribution in [0.1, 0.15) is 418 Å². The third kappa shape index (κ3) is 44.4. The van der Waals surface area contributed by atoms with E-state index in [-0.39, 0.29) is 137 Å². The van der Waals surface area contributed by atoms with Crippen LogP contribution in [0.25, 0.3) is 0 Å².